The van der Waals surface area contributed by atoms with Gasteiger partial charge in [0.2, 0.25) is 0 Å². The molecule has 0 atom stereocenters. The topological polar surface area (TPSA) is 29.3 Å². The Labute approximate surface area is 166 Å². The summed E-state index contributed by atoms with van der Waals surface area (Å²) >= 11 is 3.55. The predicted octanol–water partition coefficient (Wildman–Crippen LogP) is 5.65. The van der Waals surface area contributed by atoms with Crippen LogP contribution in [0.2, 0.25) is 0 Å². The highest BCUT2D eigenvalue weighted by atomic mass is 79.9. The quantitative estimate of drug-likeness (QED) is 0.684. The summed E-state index contributed by atoms with van der Waals surface area (Å²) in [5.41, 5.74) is 13.2. The first kappa shape index (κ1) is 19.6. The third kappa shape index (κ3) is 4.97. The Morgan fingerprint density at radius 3 is 2.08 bits per heavy atom. The second-order valence-electron chi connectivity index (χ2n) is 7.98. The lowest BCUT2D eigenvalue weighted by atomic mass is 9.89. The molecule has 2 aromatic rings. The third-order valence-electron chi connectivity index (χ3n) is 5.76. The molecule has 140 valence electrons. The minimum atomic E-state index is 0.392. The van der Waals surface area contributed by atoms with Crippen molar-refractivity contribution in [3.63, 3.8) is 0 Å². The van der Waals surface area contributed by atoms with Gasteiger partial charge in [-0.3, -0.25) is 4.90 Å². The number of aryl methyl sites for hydroxylation is 3. The Kier molecular flexibility index (Phi) is 6.55. The Bertz CT molecular complexity index is 707. The van der Waals surface area contributed by atoms with E-state index in [0.717, 1.165) is 30.4 Å². The molecule has 3 heteroatoms. The van der Waals surface area contributed by atoms with Crippen molar-refractivity contribution in [2.45, 2.75) is 71.6 Å². The molecular weight excluding hydrogens is 384 g/mol. The summed E-state index contributed by atoms with van der Waals surface area (Å²) in [4.78, 5) is 2.68. The molecule has 0 unspecified atom stereocenters. The largest absolute Gasteiger partial charge is 0.328 e. The lowest BCUT2D eigenvalue weighted by Crippen LogP contribution is -2.40. The lowest BCUT2D eigenvalue weighted by molar-refractivity contribution is 0.133. The second kappa shape index (κ2) is 8.69. The summed E-state index contributed by atoms with van der Waals surface area (Å²) in [6.45, 7) is 8.72. The van der Waals surface area contributed by atoms with Crippen molar-refractivity contribution in [1.29, 1.82) is 0 Å². The number of nitrogens with zero attached hydrogens (tertiary/aromatic N) is 1. The summed E-state index contributed by atoms with van der Waals surface area (Å²) in [6, 6.07) is 14.4. The zero-order valence-corrected chi connectivity index (χ0v) is 17.8. The molecule has 0 saturated heterocycles. The summed E-state index contributed by atoms with van der Waals surface area (Å²) in [6.07, 6.45) is 4.71. The van der Waals surface area contributed by atoms with Gasteiger partial charge in [-0.2, -0.15) is 0 Å². The fourth-order valence-corrected chi connectivity index (χ4v) is 4.53. The molecule has 0 heterocycles. The van der Waals surface area contributed by atoms with Gasteiger partial charge in [0.15, 0.2) is 0 Å². The van der Waals surface area contributed by atoms with E-state index in [2.05, 4.69) is 78.0 Å². The SMILES string of the molecule is Cc1cc(C)c(CN(Cc2ccc(Br)cc2)C2CCC(N)CC2)c(C)c1. The Morgan fingerprint density at radius 2 is 1.50 bits per heavy atom. The molecule has 1 aliphatic carbocycles. The van der Waals surface area contributed by atoms with Crippen LogP contribution in [0.4, 0.5) is 0 Å². The predicted molar refractivity (Wildman–Crippen MR) is 114 cm³/mol. The number of halogens is 1. The molecule has 1 aliphatic rings. The van der Waals surface area contributed by atoms with Gasteiger partial charge in [0.25, 0.3) is 0 Å². The average molecular weight is 415 g/mol. The minimum Gasteiger partial charge on any atom is -0.328 e. The molecule has 0 aromatic heterocycles. The first-order valence-corrected chi connectivity index (χ1v) is 10.5. The molecule has 0 aliphatic heterocycles. The van der Waals surface area contributed by atoms with E-state index < -0.39 is 0 Å². The smallest absolute Gasteiger partial charge is 0.0245 e. The van der Waals surface area contributed by atoms with E-state index in [1.165, 1.54) is 40.7 Å². The van der Waals surface area contributed by atoms with Gasteiger partial charge in [-0.1, -0.05) is 45.8 Å². The maximum Gasteiger partial charge on any atom is 0.0245 e. The monoisotopic (exact) mass is 414 g/mol. The van der Waals surface area contributed by atoms with Crippen LogP contribution in [0.3, 0.4) is 0 Å². The van der Waals surface area contributed by atoms with Crippen LogP contribution in [0.25, 0.3) is 0 Å². The summed E-state index contributed by atoms with van der Waals surface area (Å²) < 4.78 is 1.14. The first-order valence-electron chi connectivity index (χ1n) is 9.73. The number of nitrogens with two attached hydrogens (primary N) is 1. The van der Waals surface area contributed by atoms with Crippen LogP contribution in [-0.2, 0) is 13.1 Å². The van der Waals surface area contributed by atoms with Gasteiger partial charge < -0.3 is 5.73 Å². The summed E-state index contributed by atoms with van der Waals surface area (Å²) in [7, 11) is 0. The van der Waals surface area contributed by atoms with E-state index in [0.29, 0.717) is 12.1 Å². The van der Waals surface area contributed by atoms with Crippen molar-refractivity contribution >= 4 is 15.9 Å². The molecular formula is C23H31BrN2. The highest BCUT2D eigenvalue weighted by Gasteiger charge is 2.25. The van der Waals surface area contributed by atoms with E-state index in [1.807, 2.05) is 0 Å². The van der Waals surface area contributed by atoms with Crippen LogP contribution >= 0.6 is 15.9 Å². The normalized spacial score (nSPS) is 20.5. The zero-order chi connectivity index (χ0) is 18.7. The van der Waals surface area contributed by atoms with E-state index in [1.54, 1.807) is 0 Å². The van der Waals surface area contributed by atoms with E-state index in [-0.39, 0.29) is 0 Å². The molecule has 2 N–H and O–H groups in total. The molecule has 1 fully saturated rings. The van der Waals surface area contributed by atoms with Crippen molar-refractivity contribution in [3.8, 4) is 0 Å². The lowest BCUT2D eigenvalue weighted by Gasteiger charge is -2.37. The Morgan fingerprint density at radius 1 is 0.923 bits per heavy atom. The molecule has 26 heavy (non-hydrogen) atoms. The van der Waals surface area contributed by atoms with Crippen LogP contribution in [0.5, 0.6) is 0 Å². The zero-order valence-electron chi connectivity index (χ0n) is 16.3. The van der Waals surface area contributed by atoms with Crippen LogP contribution in [-0.4, -0.2) is 17.0 Å². The van der Waals surface area contributed by atoms with Gasteiger partial charge in [0, 0.05) is 29.6 Å². The van der Waals surface area contributed by atoms with Crippen molar-refractivity contribution in [2.24, 2.45) is 5.73 Å². The maximum absolute atomic E-state index is 6.16. The third-order valence-corrected chi connectivity index (χ3v) is 6.29. The molecule has 0 bridgehead atoms. The minimum absolute atomic E-state index is 0.392. The number of hydrogen-bond donors (Lipinski definition) is 1. The van der Waals surface area contributed by atoms with Crippen LogP contribution in [0.1, 0.15) is 53.5 Å². The fourth-order valence-electron chi connectivity index (χ4n) is 4.27. The van der Waals surface area contributed by atoms with Gasteiger partial charge in [-0.05, 0) is 80.8 Å². The summed E-state index contributed by atoms with van der Waals surface area (Å²) in [5, 5.41) is 0. The molecule has 2 nitrogen and oxygen atoms in total. The molecule has 2 aromatic carbocycles. The number of benzene rings is 2. The Hall–Kier alpha value is -1.16. The number of hydrogen-bond acceptors (Lipinski definition) is 2. The average Bonchev–Trinajstić information content (AvgIpc) is 2.59. The van der Waals surface area contributed by atoms with Crippen LogP contribution in [0.15, 0.2) is 40.9 Å². The standard InChI is InChI=1S/C23H31BrN2/c1-16-12-17(2)23(18(3)13-16)15-26(22-10-8-21(25)9-11-22)14-19-4-6-20(24)7-5-19/h4-7,12-13,21-22H,8-11,14-15,25H2,1-3H3. The number of rotatable bonds is 5. The van der Waals surface area contributed by atoms with Crippen molar-refractivity contribution in [1.82, 2.24) is 4.90 Å². The molecule has 1 saturated carbocycles. The molecule has 0 radical (unpaired) electrons. The van der Waals surface area contributed by atoms with E-state index in [9.17, 15) is 0 Å². The van der Waals surface area contributed by atoms with Gasteiger partial charge in [0.05, 0.1) is 0 Å². The molecule has 0 spiro atoms. The van der Waals surface area contributed by atoms with Gasteiger partial charge >= 0.3 is 0 Å². The summed E-state index contributed by atoms with van der Waals surface area (Å²) in [5.74, 6) is 0. The van der Waals surface area contributed by atoms with Crippen LogP contribution in [0, 0.1) is 20.8 Å². The van der Waals surface area contributed by atoms with E-state index >= 15 is 0 Å². The van der Waals surface area contributed by atoms with Gasteiger partial charge in [0.1, 0.15) is 0 Å². The Balaban J connectivity index is 1.84. The highest BCUT2D eigenvalue weighted by Crippen LogP contribution is 2.28. The van der Waals surface area contributed by atoms with Crippen molar-refractivity contribution in [3.05, 3.63) is 68.7 Å². The van der Waals surface area contributed by atoms with Crippen LogP contribution < -0.4 is 5.73 Å². The highest BCUT2D eigenvalue weighted by molar-refractivity contribution is 9.10. The fraction of sp³-hybridized carbons (Fsp3) is 0.478. The van der Waals surface area contributed by atoms with Crippen molar-refractivity contribution in [2.75, 3.05) is 0 Å². The second-order valence-corrected chi connectivity index (χ2v) is 8.89. The molecule has 3 rings (SSSR count). The molecule has 0 amide bonds. The maximum atomic E-state index is 6.16. The van der Waals surface area contributed by atoms with E-state index in [4.69, 9.17) is 5.73 Å². The van der Waals surface area contributed by atoms with Gasteiger partial charge in [-0.15, -0.1) is 0 Å². The van der Waals surface area contributed by atoms with Crippen molar-refractivity contribution < 1.29 is 0 Å². The van der Waals surface area contributed by atoms with Gasteiger partial charge in [-0.25, -0.2) is 0 Å². The first-order chi connectivity index (χ1) is 12.4.